The van der Waals surface area contributed by atoms with E-state index in [1.807, 2.05) is 24.1 Å². The van der Waals surface area contributed by atoms with E-state index in [9.17, 15) is 9.59 Å². The summed E-state index contributed by atoms with van der Waals surface area (Å²) in [7, 11) is 1.84. The standard InChI is InChI=1S/C18H23N3O2S/c1-13(22)20(2)15-7-9-21(10-8-15)18(23)19-11-14-12-24-17-6-4-3-5-16(14)17/h3-6,12,15H,7-11H2,1-2H3,(H,19,23). The van der Waals surface area contributed by atoms with E-state index in [1.54, 1.807) is 23.2 Å². The van der Waals surface area contributed by atoms with E-state index in [2.05, 4.69) is 22.8 Å². The Hall–Kier alpha value is -2.08. The van der Waals surface area contributed by atoms with Crippen molar-refractivity contribution in [1.29, 1.82) is 0 Å². The molecule has 0 aliphatic carbocycles. The Balaban J connectivity index is 1.52. The average molecular weight is 345 g/mol. The number of amides is 3. The number of piperidine rings is 1. The van der Waals surface area contributed by atoms with Crippen molar-refractivity contribution < 1.29 is 9.59 Å². The smallest absolute Gasteiger partial charge is 0.317 e. The van der Waals surface area contributed by atoms with Crippen LogP contribution < -0.4 is 5.32 Å². The van der Waals surface area contributed by atoms with Crippen LogP contribution in [0.2, 0.25) is 0 Å². The molecule has 1 aromatic heterocycles. The number of rotatable bonds is 3. The van der Waals surface area contributed by atoms with Gasteiger partial charge in [-0.15, -0.1) is 11.3 Å². The number of fused-ring (bicyclic) bond motifs is 1. The van der Waals surface area contributed by atoms with Gasteiger partial charge in [-0.25, -0.2) is 4.79 Å². The number of hydrogen-bond donors (Lipinski definition) is 1. The van der Waals surface area contributed by atoms with Crippen molar-refractivity contribution in [3.63, 3.8) is 0 Å². The van der Waals surface area contributed by atoms with Gasteiger partial charge in [-0.1, -0.05) is 18.2 Å². The molecule has 1 aromatic carbocycles. The summed E-state index contributed by atoms with van der Waals surface area (Å²) in [6.45, 7) is 3.53. The molecule has 1 fully saturated rings. The first kappa shape index (κ1) is 16.8. The summed E-state index contributed by atoms with van der Waals surface area (Å²) in [6, 6.07) is 8.47. The molecular weight excluding hydrogens is 322 g/mol. The molecule has 2 heterocycles. The van der Waals surface area contributed by atoms with Gasteiger partial charge in [0, 0.05) is 44.3 Å². The van der Waals surface area contributed by atoms with Gasteiger partial charge in [-0.05, 0) is 35.2 Å². The highest BCUT2D eigenvalue weighted by molar-refractivity contribution is 7.17. The van der Waals surface area contributed by atoms with E-state index >= 15 is 0 Å². The molecule has 3 amide bonds. The van der Waals surface area contributed by atoms with Crippen LogP contribution in [0.4, 0.5) is 4.79 Å². The number of carbonyl (C=O) groups is 2. The Morgan fingerprint density at radius 2 is 2.00 bits per heavy atom. The van der Waals surface area contributed by atoms with Gasteiger partial charge in [0.15, 0.2) is 0 Å². The molecule has 6 heteroatoms. The van der Waals surface area contributed by atoms with Crippen molar-refractivity contribution in [2.75, 3.05) is 20.1 Å². The largest absolute Gasteiger partial charge is 0.343 e. The van der Waals surface area contributed by atoms with Crippen LogP contribution in [0.3, 0.4) is 0 Å². The number of thiophene rings is 1. The van der Waals surface area contributed by atoms with Gasteiger partial charge in [-0.2, -0.15) is 0 Å². The lowest BCUT2D eigenvalue weighted by molar-refractivity contribution is -0.130. The number of urea groups is 1. The van der Waals surface area contributed by atoms with E-state index in [1.165, 1.54) is 10.1 Å². The summed E-state index contributed by atoms with van der Waals surface area (Å²) in [5, 5.41) is 6.35. The van der Waals surface area contributed by atoms with Crippen molar-refractivity contribution in [3.8, 4) is 0 Å². The number of nitrogens with zero attached hydrogens (tertiary/aromatic N) is 2. The second kappa shape index (κ2) is 7.21. The monoisotopic (exact) mass is 345 g/mol. The van der Waals surface area contributed by atoms with Gasteiger partial charge >= 0.3 is 6.03 Å². The van der Waals surface area contributed by atoms with Gasteiger partial charge in [0.1, 0.15) is 0 Å². The molecule has 1 aliphatic heterocycles. The van der Waals surface area contributed by atoms with E-state index in [0.717, 1.165) is 18.4 Å². The normalized spacial score (nSPS) is 15.5. The minimum Gasteiger partial charge on any atom is -0.343 e. The fourth-order valence-electron chi connectivity index (χ4n) is 3.17. The third-order valence-electron chi connectivity index (χ3n) is 4.79. The number of hydrogen-bond acceptors (Lipinski definition) is 3. The molecule has 0 atom stereocenters. The van der Waals surface area contributed by atoms with Gasteiger partial charge in [0.2, 0.25) is 5.91 Å². The summed E-state index contributed by atoms with van der Waals surface area (Å²) in [4.78, 5) is 27.4. The van der Waals surface area contributed by atoms with Gasteiger partial charge in [-0.3, -0.25) is 4.79 Å². The second-order valence-electron chi connectivity index (χ2n) is 6.26. The van der Waals surface area contributed by atoms with Crippen molar-refractivity contribution in [2.45, 2.75) is 32.4 Å². The van der Waals surface area contributed by atoms with Gasteiger partial charge in [0.05, 0.1) is 0 Å². The zero-order valence-electron chi connectivity index (χ0n) is 14.1. The maximum absolute atomic E-state index is 12.4. The summed E-state index contributed by atoms with van der Waals surface area (Å²) in [6.07, 6.45) is 1.68. The first-order valence-corrected chi connectivity index (χ1v) is 9.15. The number of carbonyl (C=O) groups excluding carboxylic acids is 2. The number of benzene rings is 1. The Morgan fingerprint density at radius 1 is 1.29 bits per heavy atom. The first-order chi connectivity index (χ1) is 11.6. The molecule has 0 saturated carbocycles. The molecule has 128 valence electrons. The topological polar surface area (TPSA) is 52.7 Å². The lowest BCUT2D eigenvalue weighted by Crippen LogP contribution is -2.49. The quantitative estimate of drug-likeness (QED) is 0.929. The van der Waals surface area contributed by atoms with Crippen LogP contribution in [0.15, 0.2) is 29.6 Å². The predicted molar refractivity (Wildman–Crippen MR) is 97.1 cm³/mol. The minimum absolute atomic E-state index is 0.0193. The highest BCUT2D eigenvalue weighted by Crippen LogP contribution is 2.25. The number of nitrogens with one attached hydrogen (secondary N) is 1. The highest BCUT2D eigenvalue weighted by atomic mass is 32.1. The third-order valence-corrected chi connectivity index (χ3v) is 5.80. The summed E-state index contributed by atoms with van der Waals surface area (Å²) in [5.41, 5.74) is 1.16. The summed E-state index contributed by atoms with van der Waals surface area (Å²) in [5.74, 6) is 0.0854. The third kappa shape index (κ3) is 3.53. The molecule has 0 bridgehead atoms. The molecular formula is C18H23N3O2S. The molecule has 1 saturated heterocycles. The van der Waals surface area contributed by atoms with Crippen LogP contribution in [0.1, 0.15) is 25.3 Å². The van der Waals surface area contributed by atoms with Crippen molar-refractivity contribution in [1.82, 2.24) is 15.1 Å². The molecule has 2 aromatic rings. The summed E-state index contributed by atoms with van der Waals surface area (Å²) >= 11 is 1.71. The SMILES string of the molecule is CC(=O)N(C)C1CCN(C(=O)NCc2csc3ccccc23)CC1. The van der Waals surface area contributed by atoms with Crippen LogP contribution in [-0.4, -0.2) is 47.9 Å². The molecule has 0 spiro atoms. The second-order valence-corrected chi connectivity index (χ2v) is 7.18. The van der Waals surface area contributed by atoms with Gasteiger partial charge in [0.25, 0.3) is 0 Å². The molecule has 1 N–H and O–H groups in total. The van der Waals surface area contributed by atoms with Crippen molar-refractivity contribution in [2.24, 2.45) is 0 Å². The van der Waals surface area contributed by atoms with Crippen molar-refractivity contribution >= 4 is 33.4 Å². The lowest BCUT2D eigenvalue weighted by atomic mass is 10.0. The maximum atomic E-state index is 12.4. The zero-order chi connectivity index (χ0) is 17.1. The van der Waals surface area contributed by atoms with Gasteiger partial charge < -0.3 is 15.1 Å². The van der Waals surface area contributed by atoms with Crippen LogP contribution in [0.5, 0.6) is 0 Å². The Kier molecular flexibility index (Phi) is 5.04. The summed E-state index contributed by atoms with van der Waals surface area (Å²) < 4.78 is 1.25. The van der Waals surface area contributed by atoms with Crippen molar-refractivity contribution in [3.05, 3.63) is 35.2 Å². The molecule has 24 heavy (non-hydrogen) atoms. The first-order valence-electron chi connectivity index (χ1n) is 8.27. The van der Waals surface area contributed by atoms with Crippen LogP contribution in [0.25, 0.3) is 10.1 Å². The fraction of sp³-hybridized carbons (Fsp3) is 0.444. The molecule has 0 radical (unpaired) electrons. The lowest BCUT2D eigenvalue weighted by Gasteiger charge is -2.36. The van der Waals surface area contributed by atoms with Crippen LogP contribution in [-0.2, 0) is 11.3 Å². The minimum atomic E-state index is -0.0193. The van der Waals surface area contributed by atoms with E-state index in [-0.39, 0.29) is 18.0 Å². The Morgan fingerprint density at radius 3 is 2.71 bits per heavy atom. The van der Waals surface area contributed by atoms with E-state index in [4.69, 9.17) is 0 Å². The van der Waals surface area contributed by atoms with E-state index in [0.29, 0.717) is 19.6 Å². The van der Waals surface area contributed by atoms with Crippen LogP contribution in [0, 0.1) is 0 Å². The average Bonchev–Trinajstić information content (AvgIpc) is 3.02. The highest BCUT2D eigenvalue weighted by Gasteiger charge is 2.26. The zero-order valence-corrected chi connectivity index (χ0v) is 14.9. The Bertz CT molecular complexity index is 735. The Labute approximate surface area is 146 Å². The van der Waals surface area contributed by atoms with Crippen LogP contribution >= 0.6 is 11.3 Å². The van der Waals surface area contributed by atoms with E-state index < -0.39 is 0 Å². The molecule has 3 rings (SSSR count). The fourth-order valence-corrected chi connectivity index (χ4v) is 4.13. The molecule has 5 nitrogen and oxygen atoms in total. The maximum Gasteiger partial charge on any atom is 0.317 e. The predicted octanol–water partition coefficient (Wildman–Crippen LogP) is 3.05. The molecule has 1 aliphatic rings. The molecule has 0 unspecified atom stereocenters. The number of likely N-dealkylation sites (tertiary alicyclic amines) is 1.